The Bertz CT molecular complexity index is 1940. The van der Waals surface area contributed by atoms with Gasteiger partial charge >= 0.3 is 20.1 Å². The molecule has 3 atom stereocenters. The van der Waals surface area contributed by atoms with Crippen molar-refractivity contribution >= 4 is 19.4 Å². The van der Waals surface area contributed by atoms with E-state index in [4.69, 9.17) is 18.5 Å². The van der Waals surface area contributed by atoms with Crippen molar-refractivity contribution in [1.29, 1.82) is 0 Å². The highest BCUT2D eigenvalue weighted by molar-refractivity contribution is 7.52. The molecule has 2 aliphatic rings. The molecule has 6 rings (SSSR count). The first-order valence-electron chi connectivity index (χ1n) is 17.0. The summed E-state index contributed by atoms with van der Waals surface area (Å²) in [5.41, 5.74) is -1.40. The van der Waals surface area contributed by atoms with E-state index in [0.29, 0.717) is 33.6 Å². The van der Waals surface area contributed by atoms with Crippen LogP contribution in [0.1, 0.15) is 58.9 Å². The first kappa shape index (κ1) is 40.2. The number of rotatable bonds is 13. The summed E-state index contributed by atoms with van der Waals surface area (Å²) in [7, 11) is -4.39. The van der Waals surface area contributed by atoms with Crippen molar-refractivity contribution < 1.29 is 58.6 Å². The van der Waals surface area contributed by atoms with Gasteiger partial charge in [-0.2, -0.15) is 31.4 Å². The van der Waals surface area contributed by atoms with E-state index in [-0.39, 0.29) is 51.1 Å². The zero-order chi connectivity index (χ0) is 39.4. The second kappa shape index (κ2) is 16.7. The van der Waals surface area contributed by atoms with Gasteiger partial charge in [-0.25, -0.2) is 8.96 Å². The largest absolute Gasteiger partial charge is 0.458 e. The van der Waals surface area contributed by atoms with Gasteiger partial charge in [0, 0.05) is 13.1 Å². The van der Waals surface area contributed by atoms with Gasteiger partial charge in [-0.05, 0) is 59.5 Å². The first-order chi connectivity index (χ1) is 26.1. The van der Waals surface area contributed by atoms with Gasteiger partial charge in [-0.1, -0.05) is 72.8 Å². The number of hydrogen-bond acceptors (Lipinski definition) is 8. The number of amides is 1. The molecule has 1 saturated heterocycles. The van der Waals surface area contributed by atoms with E-state index in [9.17, 15) is 40.1 Å². The number of halogens is 7. The number of ether oxygens (including phenoxy) is 2. The van der Waals surface area contributed by atoms with E-state index < -0.39 is 66.9 Å². The highest BCUT2D eigenvalue weighted by Crippen LogP contribution is 2.55. The molecule has 0 radical (unpaired) electrons. The van der Waals surface area contributed by atoms with Gasteiger partial charge in [-0.15, -0.1) is 4.78 Å². The van der Waals surface area contributed by atoms with Crippen molar-refractivity contribution in [3.8, 4) is 0 Å². The van der Waals surface area contributed by atoms with Crippen molar-refractivity contribution in [2.24, 2.45) is 5.10 Å². The average Bonchev–Trinajstić information content (AvgIpc) is 3.54. The van der Waals surface area contributed by atoms with Crippen LogP contribution in [0.2, 0.25) is 0 Å². The maximum atomic E-state index is 14.3. The van der Waals surface area contributed by atoms with Crippen LogP contribution < -0.4 is 0 Å². The van der Waals surface area contributed by atoms with E-state index in [1.807, 2.05) is 0 Å². The van der Waals surface area contributed by atoms with Crippen molar-refractivity contribution in [2.45, 2.75) is 57.3 Å². The summed E-state index contributed by atoms with van der Waals surface area (Å²) in [6.07, 6.45) is -13.1. The highest BCUT2D eigenvalue weighted by Gasteiger charge is 2.44. The van der Waals surface area contributed by atoms with E-state index in [2.05, 4.69) is 5.10 Å². The van der Waals surface area contributed by atoms with Crippen LogP contribution in [-0.4, -0.2) is 47.3 Å². The summed E-state index contributed by atoms with van der Waals surface area (Å²) in [5.74, 6) is -1.23. The number of carbonyl (C=O) groups is 1. The van der Waals surface area contributed by atoms with Crippen LogP contribution in [0.5, 0.6) is 0 Å². The molecule has 2 heterocycles. The lowest BCUT2D eigenvalue weighted by Gasteiger charge is -2.42. The number of benzene rings is 4. The Kier molecular flexibility index (Phi) is 12.2. The Morgan fingerprint density at radius 3 is 1.91 bits per heavy atom. The normalized spacial score (nSPS) is 19.1. The van der Waals surface area contributed by atoms with Gasteiger partial charge in [0.25, 0.3) is 5.91 Å². The molecule has 55 heavy (non-hydrogen) atoms. The molecule has 1 amide bonds. The number of alkyl halides is 6. The van der Waals surface area contributed by atoms with E-state index in [1.54, 1.807) is 65.6 Å². The molecule has 0 aromatic heterocycles. The molecule has 0 spiro atoms. The molecule has 0 bridgehead atoms. The molecule has 4 aromatic rings. The topological polar surface area (TPSA) is 89.9 Å². The molecule has 292 valence electrons. The van der Waals surface area contributed by atoms with Crippen LogP contribution in [0.3, 0.4) is 0 Å². The molecule has 4 aromatic carbocycles. The predicted octanol–water partition coefficient (Wildman–Crippen LogP) is 9.47. The fourth-order valence-corrected chi connectivity index (χ4v) is 7.59. The fourth-order valence-electron chi connectivity index (χ4n) is 6.09. The minimum Gasteiger partial charge on any atom is -0.349 e. The molecule has 17 heteroatoms. The van der Waals surface area contributed by atoms with E-state index in [0.717, 1.165) is 0 Å². The van der Waals surface area contributed by atoms with Crippen LogP contribution in [0.15, 0.2) is 108 Å². The Morgan fingerprint density at radius 1 is 0.836 bits per heavy atom. The number of nitrogens with zero attached hydrogens (tertiary/aromatic N) is 3. The average molecular weight is 794 g/mol. The Labute approximate surface area is 311 Å². The minimum atomic E-state index is -5.07. The van der Waals surface area contributed by atoms with Crippen molar-refractivity contribution in [1.82, 2.24) is 9.68 Å². The standard InChI is InChI=1S/C38H35F7N3O6P/c1-25(29-18-30(37(40,41)42)20-31(19-29)38(43,44)45)54-36-35(28-12-14-32(39)15-13-28)47(16-17-51-36)22-33-21-34(49)48(46-33)55(50,52-23-26-8-4-2-5-9-26)53-24-27-10-6-3-7-11-27/h2-15,18-20,25,35-36H,16-17,21-24H2,1H3/t25-,35+,36-/m1/s1. The Balaban J connectivity index is 1.27. The SMILES string of the molecule is C[C@@H](O[C@H]1OCCN(CC2=NN(P(=O)(OCc3ccccc3)OCc3ccccc3)C(=O)C2)[C@H]1c1ccc(F)cc1)c1cc(C(F)(F)F)cc(C(F)(F)F)c1. The lowest BCUT2D eigenvalue weighted by Crippen LogP contribution is -2.48. The van der Waals surface area contributed by atoms with Crippen molar-refractivity contribution in [3.63, 3.8) is 0 Å². The number of hydrogen-bond donors (Lipinski definition) is 0. The van der Waals surface area contributed by atoms with Crippen LogP contribution in [-0.2, 0) is 53.4 Å². The quantitative estimate of drug-likeness (QED) is 0.0985. The molecule has 0 N–H and O–H groups in total. The van der Waals surface area contributed by atoms with Gasteiger partial charge in [-0.3, -0.25) is 18.7 Å². The van der Waals surface area contributed by atoms with Crippen molar-refractivity contribution in [3.05, 3.63) is 142 Å². The third-order valence-corrected chi connectivity index (χ3v) is 10.5. The maximum Gasteiger partial charge on any atom is 0.458 e. The molecular weight excluding hydrogens is 758 g/mol. The zero-order valence-corrected chi connectivity index (χ0v) is 30.1. The van der Waals surface area contributed by atoms with Gasteiger partial charge in [0.05, 0.1) is 55.2 Å². The van der Waals surface area contributed by atoms with Crippen LogP contribution >= 0.6 is 7.75 Å². The fraction of sp³-hybridized carbons (Fsp3) is 0.316. The molecule has 2 aliphatic heterocycles. The summed E-state index contributed by atoms with van der Waals surface area (Å²) >= 11 is 0. The lowest BCUT2D eigenvalue weighted by atomic mass is 10.0. The summed E-state index contributed by atoms with van der Waals surface area (Å²) in [5, 5.41) is 4.39. The van der Waals surface area contributed by atoms with Gasteiger partial charge < -0.3 is 9.47 Å². The van der Waals surface area contributed by atoms with Gasteiger partial charge in [0.2, 0.25) is 0 Å². The zero-order valence-electron chi connectivity index (χ0n) is 29.2. The molecule has 9 nitrogen and oxygen atoms in total. The smallest absolute Gasteiger partial charge is 0.349 e. The number of hydrazone groups is 1. The minimum absolute atomic E-state index is 0.00468. The Hall–Kier alpha value is -4.44. The van der Waals surface area contributed by atoms with E-state index in [1.165, 1.54) is 31.2 Å². The number of carbonyl (C=O) groups excluding carboxylic acids is 1. The maximum absolute atomic E-state index is 14.3. The summed E-state index contributed by atoms with van der Waals surface area (Å²) in [4.78, 5) is 15.2. The van der Waals surface area contributed by atoms with Crippen LogP contribution in [0.25, 0.3) is 0 Å². The second-order valence-corrected chi connectivity index (χ2v) is 14.7. The summed E-state index contributed by atoms with van der Waals surface area (Å²) < 4.78 is 135. The third-order valence-electron chi connectivity index (χ3n) is 8.85. The van der Waals surface area contributed by atoms with Crippen LogP contribution in [0.4, 0.5) is 30.7 Å². The molecule has 0 saturated carbocycles. The summed E-state index contributed by atoms with van der Waals surface area (Å²) in [6.45, 7) is 1.10. The van der Waals surface area contributed by atoms with Gasteiger partial charge in [0.1, 0.15) is 5.82 Å². The van der Waals surface area contributed by atoms with E-state index >= 15 is 0 Å². The monoisotopic (exact) mass is 793 g/mol. The lowest BCUT2D eigenvalue weighted by molar-refractivity contribution is -0.227. The third kappa shape index (κ3) is 10.1. The Morgan fingerprint density at radius 2 is 1.38 bits per heavy atom. The molecule has 0 unspecified atom stereocenters. The molecule has 0 aliphatic carbocycles. The molecular formula is C38H35F7N3O6P. The summed E-state index contributed by atoms with van der Waals surface area (Å²) in [6, 6.07) is 23.2. The highest BCUT2D eigenvalue weighted by atomic mass is 31.2. The molecule has 1 fully saturated rings. The van der Waals surface area contributed by atoms with Crippen molar-refractivity contribution in [2.75, 3.05) is 19.7 Å². The predicted molar refractivity (Wildman–Crippen MR) is 185 cm³/mol. The second-order valence-electron chi connectivity index (χ2n) is 12.8. The van der Waals surface area contributed by atoms with Gasteiger partial charge in [0.15, 0.2) is 6.29 Å². The first-order valence-corrected chi connectivity index (χ1v) is 18.5. The van der Waals surface area contributed by atoms with Crippen LogP contribution in [0, 0.1) is 5.82 Å². The number of morpholine rings is 1.